The number of thiophene rings is 1. The molecule has 1 saturated carbocycles. The van der Waals surface area contributed by atoms with Crippen LogP contribution in [0.25, 0.3) is 21.7 Å². The highest BCUT2D eigenvalue weighted by Gasteiger charge is 2.19. The van der Waals surface area contributed by atoms with E-state index in [9.17, 15) is 4.79 Å². The Morgan fingerprint density at radius 3 is 2.81 bits per heavy atom. The van der Waals surface area contributed by atoms with Crippen LogP contribution < -0.4 is 5.32 Å². The van der Waals surface area contributed by atoms with Crippen LogP contribution in [0, 0.1) is 0 Å². The number of nitrogens with one attached hydrogen (secondary N) is 1. The van der Waals surface area contributed by atoms with Crippen molar-refractivity contribution in [2.75, 3.05) is 0 Å². The van der Waals surface area contributed by atoms with Crippen molar-refractivity contribution in [3.05, 3.63) is 41.3 Å². The Labute approximate surface area is 158 Å². The summed E-state index contributed by atoms with van der Waals surface area (Å²) < 4.78 is 2.27. The van der Waals surface area contributed by atoms with Gasteiger partial charge >= 0.3 is 0 Å². The smallest absolute Gasteiger partial charge is 0.261 e. The Bertz CT molecular complexity index is 905. The number of fused-ring (bicyclic) bond motifs is 1. The van der Waals surface area contributed by atoms with Crippen LogP contribution in [0.2, 0.25) is 0 Å². The Morgan fingerprint density at radius 2 is 2.00 bits per heavy atom. The van der Waals surface area contributed by atoms with Crippen LogP contribution in [0.15, 0.2) is 36.4 Å². The molecule has 4 nitrogen and oxygen atoms in total. The van der Waals surface area contributed by atoms with Crippen LogP contribution in [-0.2, 0) is 6.54 Å². The SMILES string of the molecule is CCCn1c(-c2ccc(C(=O)NC3CCCCC3)s2)nc2ccccc21. The molecule has 0 atom stereocenters. The number of aryl methyl sites for hydroxylation is 1. The predicted octanol–water partition coefficient (Wildman–Crippen LogP) is 5.24. The lowest BCUT2D eigenvalue weighted by atomic mass is 9.95. The lowest BCUT2D eigenvalue weighted by Gasteiger charge is -2.22. The monoisotopic (exact) mass is 367 g/mol. The van der Waals surface area contributed by atoms with Crippen LogP contribution >= 0.6 is 11.3 Å². The van der Waals surface area contributed by atoms with Gasteiger partial charge in [0, 0.05) is 12.6 Å². The zero-order chi connectivity index (χ0) is 17.9. The van der Waals surface area contributed by atoms with E-state index in [4.69, 9.17) is 4.98 Å². The second-order valence-corrected chi connectivity index (χ2v) is 8.13. The van der Waals surface area contributed by atoms with E-state index in [1.165, 1.54) is 19.3 Å². The van der Waals surface area contributed by atoms with Gasteiger partial charge in [0.2, 0.25) is 0 Å². The molecule has 1 fully saturated rings. The van der Waals surface area contributed by atoms with Gasteiger partial charge in [-0.15, -0.1) is 11.3 Å². The van der Waals surface area contributed by atoms with Crippen molar-refractivity contribution < 1.29 is 4.79 Å². The summed E-state index contributed by atoms with van der Waals surface area (Å²) in [6, 6.07) is 12.6. The van der Waals surface area contributed by atoms with Crippen molar-refractivity contribution in [1.29, 1.82) is 0 Å². The fourth-order valence-electron chi connectivity index (χ4n) is 3.80. The van der Waals surface area contributed by atoms with Gasteiger partial charge in [0.15, 0.2) is 5.82 Å². The van der Waals surface area contributed by atoms with Crippen molar-refractivity contribution in [1.82, 2.24) is 14.9 Å². The topological polar surface area (TPSA) is 46.9 Å². The van der Waals surface area contributed by atoms with E-state index < -0.39 is 0 Å². The zero-order valence-corrected chi connectivity index (χ0v) is 16.0. The summed E-state index contributed by atoms with van der Waals surface area (Å²) in [4.78, 5) is 19.3. The molecule has 26 heavy (non-hydrogen) atoms. The molecule has 2 aromatic heterocycles. The fraction of sp³-hybridized carbons (Fsp3) is 0.429. The van der Waals surface area contributed by atoms with Crippen molar-refractivity contribution in [2.45, 2.75) is 58.0 Å². The van der Waals surface area contributed by atoms with E-state index in [-0.39, 0.29) is 5.91 Å². The molecule has 2 heterocycles. The normalized spacial score (nSPS) is 15.4. The number of amides is 1. The van der Waals surface area contributed by atoms with Gasteiger partial charge in [-0.05, 0) is 43.5 Å². The lowest BCUT2D eigenvalue weighted by molar-refractivity contribution is 0.0932. The molecule has 1 N–H and O–H groups in total. The molecular formula is C21H25N3OS. The van der Waals surface area contributed by atoms with Crippen molar-refractivity contribution in [2.24, 2.45) is 0 Å². The van der Waals surface area contributed by atoms with Crippen LogP contribution in [0.1, 0.15) is 55.1 Å². The van der Waals surface area contributed by atoms with Gasteiger partial charge in [-0.2, -0.15) is 0 Å². The van der Waals surface area contributed by atoms with E-state index in [0.29, 0.717) is 6.04 Å². The molecule has 1 amide bonds. The van der Waals surface area contributed by atoms with Gasteiger partial charge in [-0.1, -0.05) is 38.3 Å². The molecule has 0 spiro atoms. The van der Waals surface area contributed by atoms with E-state index in [2.05, 4.69) is 35.0 Å². The number of hydrogen-bond acceptors (Lipinski definition) is 3. The van der Waals surface area contributed by atoms with Crippen LogP contribution in [0.4, 0.5) is 0 Å². The minimum atomic E-state index is 0.0614. The number of para-hydroxylation sites is 2. The molecule has 1 aliphatic rings. The van der Waals surface area contributed by atoms with Crippen molar-refractivity contribution in [3.63, 3.8) is 0 Å². The quantitative estimate of drug-likeness (QED) is 0.670. The molecule has 3 aromatic rings. The maximum absolute atomic E-state index is 12.6. The second-order valence-electron chi connectivity index (χ2n) is 7.05. The van der Waals surface area contributed by atoms with E-state index >= 15 is 0 Å². The first-order valence-electron chi connectivity index (χ1n) is 9.62. The maximum Gasteiger partial charge on any atom is 0.261 e. The number of carbonyl (C=O) groups is 1. The number of aromatic nitrogens is 2. The highest BCUT2D eigenvalue weighted by Crippen LogP contribution is 2.31. The summed E-state index contributed by atoms with van der Waals surface area (Å²) in [6.45, 7) is 3.10. The number of hydrogen-bond donors (Lipinski definition) is 1. The third-order valence-corrected chi connectivity index (χ3v) is 6.17. The minimum Gasteiger partial charge on any atom is -0.349 e. The first kappa shape index (κ1) is 17.3. The molecule has 0 bridgehead atoms. The highest BCUT2D eigenvalue weighted by atomic mass is 32.1. The van der Waals surface area contributed by atoms with Crippen LogP contribution in [0.3, 0.4) is 0 Å². The molecule has 1 aromatic carbocycles. The summed E-state index contributed by atoms with van der Waals surface area (Å²) in [6.07, 6.45) is 7.01. The molecule has 0 radical (unpaired) electrons. The van der Waals surface area contributed by atoms with Gasteiger partial charge in [0.1, 0.15) is 0 Å². The molecule has 4 rings (SSSR count). The Balaban J connectivity index is 1.60. The second kappa shape index (κ2) is 7.62. The van der Waals surface area contributed by atoms with Gasteiger partial charge in [0.25, 0.3) is 5.91 Å². The molecule has 0 saturated heterocycles. The molecule has 0 aliphatic heterocycles. The number of benzene rings is 1. The zero-order valence-electron chi connectivity index (χ0n) is 15.2. The summed E-state index contributed by atoms with van der Waals surface area (Å²) in [7, 11) is 0. The van der Waals surface area contributed by atoms with E-state index in [1.807, 2.05) is 18.2 Å². The summed E-state index contributed by atoms with van der Waals surface area (Å²) >= 11 is 1.54. The average Bonchev–Trinajstić information content (AvgIpc) is 3.28. The van der Waals surface area contributed by atoms with Gasteiger partial charge in [0.05, 0.1) is 20.8 Å². The predicted molar refractivity (Wildman–Crippen MR) is 108 cm³/mol. The van der Waals surface area contributed by atoms with Crippen LogP contribution in [-0.4, -0.2) is 21.5 Å². The maximum atomic E-state index is 12.6. The minimum absolute atomic E-state index is 0.0614. The first-order chi connectivity index (χ1) is 12.8. The molecule has 1 aliphatic carbocycles. The van der Waals surface area contributed by atoms with E-state index in [0.717, 1.165) is 52.4 Å². The lowest BCUT2D eigenvalue weighted by Crippen LogP contribution is -2.35. The fourth-order valence-corrected chi connectivity index (χ4v) is 4.70. The summed E-state index contributed by atoms with van der Waals surface area (Å²) in [5, 5.41) is 3.21. The van der Waals surface area contributed by atoms with Crippen molar-refractivity contribution in [3.8, 4) is 10.7 Å². The molecule has 0 unspecified atom stereocenters. The molecule has 5 heteroatoms. The third kappa shape index (κ3) is 3.40. The third-order valence-electron chi connectivity index (χ3n) is 5.09. The van der Waals surface area contributed by atoms with Crippen molar-refractivity contribution >= 4 is 28.3 Å². The van der Waals surface area contributed by atoms with Gasteiger partial charge < -0.3 is 9.88 Å². The standard InChI is InChI=1S/C21H25N3OS/c1-2-14-24-17-11-7-6-10-16(17)23-20(24)18-12-13-19(26-18)21(25)22-15-8-4-3-5-9-15/h6-7,10-13,15H,2-5,8-9,14H2,1H3,(H,22,25). The Kier molecular flexibility index (Phi) is 5.07. The van der Waals surface area contributed by atoms with Crippen LogP contribution in [0.5, 0.6) is 0 Å². The molecular weight excluding hydrogens is 342 g/mol. The average molecular weight is 368 g/mol. The highest BCUT2D eigenvalue weighted by molar-refractivity contribution is 7.17. The molecule has 136 valence electrons. The number of nitrogens with zero attached hydrogens (tertiary/aromatic N) is 2. The van der Waals surface area contributed by atoms with Gasteiger partial charge in [-0.25, -0.2) is 4.98 Å². The number of carbonyl (C=O) groups excluding carboxylic acids is 1. The number of imidazole rings is 1. The summed E-state index contributed by atoms with van der Waals surface area (Å²) in [5.74, 6) is 1.03. The number of rotatable bonds is 5. The Hall–Kier alpha value is -2.14. The first-order valence-corrected chi connectivity index (χ1v) is 10.4. The Morgan fingerprint density at radius 1 is 1.19 bits per heavy atom. The summed E-state index contributed by atoms with van der Waals surface area (Å²) in [5.41, 5.74) is 2.17. The largest absolute Gasteiger partial charge is 0.349 e. The van der Waals surface area contributed by atoms with Gasteiger partial charge in [-0.3, -0.25) is 4.79 Å². The van der Waals surface area contributed by atoms with E-state index in [1.54, 1.807) is 11.3 Å².